The van der Waals surface area contributed by atoms with E-state index in [1.165, 1.54) is 16.7 Å². The molecule has 0 unspecified atom stereocenters. The zero-order valence-electron chi connectivity index (χ0n) is 19.0. The maximum Gasteiger partial charge on any atom is 0.121 e. The van der Waals surface area contributed by atoms with Crippen LogP contribution in [0.3, 0.4) is 0 Å². The summed E-state index contributed by atoms with van der Waals surface area (Å²) in [4.78, 5) is 0. The first-order valence-electron chi connectivity index (χ1n) is 11.6. The Balaban J connectivity index is 1.18. The molecule has 3 nitrogen and oxygen atoms in total. The van der Waals surface area contributed by atoms with Crippen molar-refractivity contribution in [3.8, 4) is 11.5 Å². The Morgan fingerprint density at radius 2 is 1.18 bits per heavy atom. The van der Waals surface area contributed by atoms with Gasteiger partial charge in [-0.1, -0.05) is 78.9 Å². The van der Waals surface area contributed by atoms with Crippen LogP contribution >= 0.6 is 0 Å². The average Bonchev–Trinajstić information content (AvgIpc) is 2.88. The molecule has 0 radical (unpaired) electrons. The summed E-state index contributed by atoms with van der Waals surface area (Å²) in [7, 11) is 0. The summed E-state index contributed by atoms with van der Waals surface area (Å²) in [6.07, 6.45) is 2.95. The van der Waals surface area contributed by atoms with E-state index in [0.29, 0.717) is 13.2 Å². The van der Waals surface area contributed by atoms with Crippen LogP contribution in [0, 0.1) is 0 Å². The molecule has 0 aliphatic carbocycles. The molecule has 0 aromatic heterocycles. The summed E-state index contributed by atoms with van der Waals surface area (Å²) < 4.78 is 11.8. The van der Waals surface area contributed by atoms with E-state index in [1.54, 1.807) is 0 Å². The molecule has 0 aliphatic heterocycles. The zero-order chi connectivity index (χ0) is 22.6. The van der Waals surface area contributed by atoms with Crippen LogP contribution in [0.1, 0.15) is 23.1 Å². The van der Waals surface area contributed by atoms with Gasteiger partial charge in [-0.3, -0.25) is 0 Å². The first kappa shape index (κ1) is 22.5. The van der Waals surface area contributed by atoms with Crippen LogP contribution in [0.15, 0.2) is 109 Å². The molecule has 4 rings (SSSR count). The number of hydrogen-bond donors (Lipinski definition) is 1. The van der Waals surface area contributed by atoms with Crippen LogP contribution in [0.5, 0.6) is 11.5 Å². The predicted octanol–water partition coefficient (Wildman–Crippen LogP) is 6.93. The zero-order valence-corrected chi connectivity index (χ0v) is 19.0. The first-order chi connectivity index (χ1) is 16.3. The van der Waals surface area contributed by atoms with Crippen molar-refractivity contribution in [1.29, 1.82) is 0 Å². The van der Waals surface area contributed by atoms with Crippen molar-refractivity contribution in [3.63, 3.8) is 0 Å². The molecule has 0 bridgehead atoms. The second-order valence-electron chi connectivity index (χ2n) is 8.05. The molecule has 33 heavy (non-hydrogen) atoms. The summed E-state index contributed by atoms with van der Waals surface area (Å²) in [5.41, 5.74) is 4.91. The molecule has 1 N–H and O–H groups in total. The van der Waals surface area contributed by atoms with Gasteiger partial charge in [0, 0.05) is 24.7 Å². The Morgan fingerprint density at radius 1 is 0.515 bits per heavy atom. The highest BCUT2D eigenvalue weighted by Gasteiger charge is 2.00. The monoisotopic (exact) mass is 437 g/mol. The van der Waals surface area contributed by atoms with Crippen molar-refractivity contribution >= 4 is 5.69 Å². The van der Waals surface area contributed by atoms with Gasteiger partial charge in [0.05, 0.1) is 13.2 Å². The van der Waals surface area contributed by atoms with Crippen molar-refractivity contribution in [2.45, 2.75) is 25.8 Å². The largest absolute Gasteiger partial charge is 0.494 e. The molecule has 0 fully saturated rings. The molecular formula is C30H31NO2. The molecule has 4 aromatic carbocycles. The second-order valence-corrected chi connectivity index (χ2v) is 8.05. The van der Waals surface area contributed by atoms with Crippen LogP contribution in [-0.4, -0.2) is 13.2 Å². The van der Waals surface area contributed by atoms with Gasteiger partial charge >= 0.3 is 0 Å². The summed E-state index contributed by atoms with van der Waals surface area (Å²) >= 11 is 0. The highest BCUT2D eigenvalue weighted by Crippen LogP contribution is 2.19. The standard InChI is InChI=1S/C30H31NO2/c1-3-9-25(10-4-1)13-8-21-32-30-15-7-14-28(23-30)31-24-27-16-18-29(19-17-27)33-22-20-26-11-5-2-6-12-26/h1-7,9-12,14-19,23,31H,8,13,20-22,24H2. The Labute approximate surface area is 197 Å². The Morgan fingerprint density at radius 3 is 1.91 bits per heavy atom. The lowest BCUT2D eigenvalue weighted by Gasteiger charge is -2.11. The van der Waals surface area contributed by atoms with Crippen LogP contribution < -0.4 is 14.8 Å². The number of anilines is 1. The first-order valence-corrected chi connectivity index (χ1v) is 11.6. The molecule has 0 amide bonds. The lowest BCUT2D eigenvalue weighted by molar-refractivity contribution is 0.311. The van der Waals surface area contributed by atoms with Crippen LogP contribution in [-0.2, 0) is 19.4 Å². The molecular weight excluding hydrogens is 406 g/mol. The van der Waals surface area contributed by atoms with E-state index in [1.807, 2.05) is 36.4 Å². The van der Waals surface area contributed by atoms with E-state index in [0.717, 1.165) is 43.0 Å². The molecule has 0 saturated heterocycles. The van der Waals surface area contributed by atoms with Crippen molar-refractivity contribution in [2.24, 2.45) is 0 Å². The van der Waals surface area contributed by atoms with E-state index in [9.17, 15) is 0 Å². The molecule has 0 saturated carbocycles. The van der Waals surface area contributed by atoms with Gasteiger partial charge in [-0.2, -0.15) is 0 Å². The highest BCUT2D eigenvalue weighted by molar-refractivity contribution is 5.48. The molecule has 4 aromatic rings. The Kier molecular flexibility index (Phi) is 8.41. The molecule has 0 atom stereocenters. The summed E-state index contributed by atoms with van der Waals surface area (Å²) in [5.74, 6) is 1.80. The van der Waals surface area contributed by atoms with Gasteiger partial charge in [-0.15, -0.1) is 0 Å². The fourth-order valence-corrected chi connectivity index (χ4v) is 3.65. The fourth-order valence-electron chi connectivity index (χ4n) is 3.65. The summed E-state index contributed by atoms with van der Waals surface area (Å²) in [6.45, 7) is 2.14. The minimum absolute atomic E-state index is 0.680. The quantitative estimate of drug-likeness (QED) is 0.244. The number of ether oxygens (including phenoxy) is 2. The molecule has 168 valence electrons. The minimum atomic E-state index is 0.680. The fraction of sp³-hybridized carbons (Fsp3) is 0.200. The SMILES string of the molecule is c1ccc(CCCOc2cccc(NCc3ccc(OCCc4ccccc4)cc3)c2)cc1. The predicted molar refractivity (Wildman–Crippen MR) is 136 cm³/mol. The maximum atomic E-state index is 5.95. The van der Waals surface area contributed by atoms with Crippen LogP contribution in [0.4, 0.5) is 5.69 Å². The van der Waals surface area contributed by atoms with Gasteiger partial charge in [-0.25, -0.2) is 0 Å². The number of rotatable bonds is 12. The molecule has 0 aliphatic rings. The van der Waals surface area contributed by atoms with Gasteiger partial charge in [0.1, 0.15) is 11.5 Å². The molecule has 0 spiro atoms. The summed E-state index contributed by atoms with van der Waals surface area (Å²) in [5, 5.41) is 3.48. The van der Waals surface area contributed by atoms with Crippen molar-refractivity contribution < 1.29 is 9.47 Å². The second kappa shape index (κ2) is 12.4. The smallest absolute Gasteiger partial charge is 0.121 e. The van der Waals surface area contributed by atoms with E-state index in [4.69, 9.17) is 9.47 Å². The normalized spacial score (nSPS) is 10.5. The van der Waals surface area contributed by atoms with E-state index >= 15 is 0 Å². The maximum absolute atomic E-state index is 5.95. The van der Waals surface area contributed by atoms with Gasteiger partial charge in [0.2, 0.25) is 0 Å². The van der Waals surface area contributed by atoms with E-state index < -0.39 is 0 Å². The van der Waals surface area contributed by atoms with Crippen molar-refractivity contribution in [1.82, 2.24) is 0 Å². The van der Waals surface area contributed by atoms with Crippen LogP contribution in [0.25, 0.3) is 0 Å². The van der Waals surface area contributed by atoms with Gasteiger partial charge in [-0.05, 0) is 53.8 Å². The van der Waals surface area contributed by atoms with E-state index in [-0.39, 0.29) is 0 Å². The van der Waals surface area contributed by atoms with Gasteiger partial charge in [0.25, 0.3) is 0 Å². The average molecular weight is 438 g/mol. The molecule has 0 heterocycles. The number of nitrogens with one attached hydrogen (secondary N) is 1. The van der Waals surface area contributed by atoms with E-state index in [2.05, 4.69) is 78.1 Å². The summed E-state index contributed by atoms with van der Waals surface area (Å²) in [6, 6.07) is 37.4. The van der Waals surface area contributed by atoms with Crippen molar-refractivity contribution in [3.05, 3.63) is 126 Å². The minimum Gasteiger partial charge on any atom is -0.494 e. The number of hydrogen-bond acceptors (Lipinski definition) is 3. The highest BCUT2D eigenvalue weighted by atomic mass is 16.5. The topological polar surface area (TPSA) is 30.5 Å². The Hall–Kier alpha value is -3.72. The van der Waals surface area contributed by atoms with Crippen LogP contribution in [0.2, 0.25) is 0 Å². The van der Waals surface area contributed by atoms with Crippen molar-refractivity contribution in [2.75, 3.05) is 18.5 Å². The number of benzene rings is 4. The Bertz CT molecular complexity index is 1080. The lowest BCUT2D eigenvalue weighted by atomic mass is 10.1. The van der Waals surface area contributed by atoms with Gasteiger partial charge < -0.3 is 14.8 Å². The molecule has 3 heteroatoms. The number of aryl methyl sites for hydroxylation is 1. The third-order valence-corrected chi connectivity index (χ3v) is 5.48. The van der Waals surface area contributed by atoms with Gasteiger partial charge in [0.15, 0.2) is 0 Å². The third kappa shape index (κ3) is 7.73. The lowest BCUT2D eigenvalue weighted by Crippen LogP contribution is -2.03. The third-order valence-electron chi connectivity index (χ3n) is 5.48.